The van der Waals surface area contributed by atoms with Gasteiger partial charge in [0.05, 0.1) is 19.4 Å². The second-order valence-corrected chi connectivity index (χ2v) is 5.03. The molecule has 0 saturated heterocycles. The van der Waals surface area contributed by atoms with E-state index in [1.54, 1.807) is 7.11 Å². The van der Waals surface area contributed by atoms with Crippen LogP contribution in [0.15, 0.2) is 24.3 Å². The van der Waals surface area contributed by atoms with Crippen LogP contribution in [0.25, 0.3) is 0 Å². The zero-order chi connectivity index (χ0) is 14.3. The fourth-order valence-corrected chi connectivity index (χ4v) is 2.56. The molecule has 6 heteroatoms. The van der Waals surface area contributed by atoms with E-state index in [2.05, 4.69) is 0 Å². The number of thioether (sulfide) groups is 1. The molecular formula is C13H16O5S. The molecule has 0 amide bonds. The van der Waals surface area contributed by atoms with E-state index in [0.717, 1.165) is 11.3 Å². The zero-order valence-corrected chi connectivity index (χ0v) is 11.4. The van der Waals surface area contributed by atoms with Crippen molar-refractivity contribution < 1.29 is 24.5 Å². The molecule has 104 valence electrons. The van der Waals surface area contributed by atoms with Gasteiger partial charge in [0.15, 0.2) is 0 Å². The Morgan fingerprint density at radius 1 is 1.26 bits per heavy atom. The number of carbonyl (C=O) groups is 2. The molecule has 0 unspecified atom stereocenters. The van der Waals surface area contributed by atoms with E-state index >= 15 is 0 Å². The van der Waals surface area contributed by atoms with Crippen LogP contribution in [0, 0.1) is 5.92 Å². The molecule has 0 fully saturated rings. The third kappa shape index (κ3) is 5.65. The number of ether oxygens (including phenoxy) is 1. The van der Waals surface area contributed by atoms with E-state index in [4.69, 9.17) is 14.9 Å². The van der Waals surface area contributed by atoms with Gasteiger partial charge in [0.25, 0.3) is 0 Å². The Morgan fingerprint density at radius 2 is 1.89 bits per heavy atom. The Hall–Kier alpha value is -1.69. The Labute approximate surface area is 115 Å². The minimum absolute atomic E-state index is 0.285. The summed E-state index contributed by atoms with van der Waals surface area (Å²) in [5.74, 6) is -1.30. The first-order valence-electron chi connectivity index (χ1n) is 5.68. The number of aliphatic carboxylic acids is 2. The highest BCUT2D eigenvalue weighted by atomic mass is 32.2. The maximum atomic E-state index is 10.9. The van der Waals surface area contributed by atoms with Gasteiger partial charge in [-0.3, -0.25) is 9.59 Å². The summed E-state index contributed by atoms with van der Waals surface area (Å²) in [6.07, 6.45) is -0.342. The van der Waals surface area contributed by atoms with E-state index in [1.807, 2.05) is 24.3 Å². The van der Waals surface area contributed by atoms with Crippen LogP contribution >= 0.6 is 11.8 Å². The topological polar surface area (TPSA) is 83.8 Å². The molecule has 0 aliphatic carbocycles. The van der Waals surface area contributed by atoms with E-state index in [-0.39, 0.29) is 12.2 Å². The van der Waals surface area contributed by atoms with Crippen LogP contribution in [0.3, 0.4) is 0 Å². The van der Waals surface area contributed by atoms with Crippen LogP contribution in [-0.4, -0.2) is 35.0 Å². The van der Waals surface area contributed by atoms with Gasteiger partial charge in [-0.15, -0.1) is 0 Å². The molecule has 1 aromatic rings. The largest absolute Gasteiger partial charge is 0.497 e. The smallest absolute Gasteiger partial charge is 0.307 e. The van der Waals surface area contributed by atoms with Crippen LogP contribution in [0.2, 0.25) is 0 Å². The second-order valence-electron chi connectivity index (χ2n) is 4.00. The van der Waals surface area contributed by atoms with Gasteiger partial charge in [-0.2, -0.15) is 11.8 Å². The third-order valence-electron chi connectivity index (χ3n) is 2.52. The first kappa shape index (κ1) is 15.4. The van der Waals surface area contributed by atoms with Gasteiger partial charge in [-0.25, -0.2) is 0 Å². The van der Waals surface area contributed by atoms with Crippen molar-refractivity contribution in [2.45, 2.75) is 12.2 Å². The van der Waals surface area contributed by atoms with Crippen LogP contribution in [0.1, 0.15) is 12.0 Å². The molecule has 1 aromatic carbocycles. The van der Waals surface area contributed by atoms with Crippen molar-refractivity contribution in [3.05, 3.63) is 29.8 Å². The first-order valence-corrected chi connectivity index (χ1v) is 6.83. The lowest BCUT2D eigenvalue weighted by Crippen LogP contribution is -2.20. The second kappa shape index (κ2) is 7.68. The summed E-state index contributed by atoms with van der Waals surface area (Å²) < 4.78 is 5.04. The van der Waals surface area contributed by atoms with Crippen molar-refractivity contribution in [2.75, 3.05) is 12.9 Å². The van der Waals surface area contributed by atoms with E-state index in [1.165, 1.54) is 11.8 Å². The van der Waals surface area contributed by atoms with Crippen LogP contribution in [0.4, 0.5) is 0 Å². The molecular weight excluding hydrogens is 268 g/mol. The molecule has 0 aliphatic rings. The summed E-state index contributed by atoms with van der Waals surface area (Å²) in [6, 6.07) is 7.47. The van der Waals surface area contributed by atoms with Gasteiger partial charge >= 0.3 is 11.9 Å². The summed E-state index contributed by atoms with van der Waals surface area (Å²) in [5.41, 5.74) is 1.05. The van der Waals surface area contributed by atoms with Crippen LogP contribution in [-0.2, 0) is 15.3 Å². The van der Waals surface area contributed by atoms with Gasteiger partial charge < -0.3 is 14.9 Å². The van der Waals surface area contributed by atoms with Gasteiger partial charge in [0.1, 0.15) is 5.75 Å². The summed E-state index contributed by atoms with van der Waals surface area (Å²) in [6.45, 7) is 0. The molecule has 1 atom stereocenters. The SMILES string of the molecule is COc1ccc(CSC[C@H](CC(=O)O)C(=O)O)cc1. The molecule has 0 saturated carbocycles. The molecule has 19 heavy (non-hydrogen) atoms. The van der Waals surface area contributed by atoms with E-state index in [9.17, 15) is 9.59 Å². The third-order valence-corrected chi connectivity index (χ3v) is 3.69. The predicted molar refractivity (Wildman–Crippen MR) is 72.5 cm³/mol. The molecule has 0 radical (unpaired) electrons. The maximum absolute atomic E-state index is 10.9. The normalized spacial score (nSPS) is 11.8. The summed E-state index contributed by atoms with van der Waals surface area (Å²) in [4.78, 5) is 21.4. The van der Waals surface area contributed by atoms with Gasteiger partial charge in [0, 0.05) is 11.5 Å². The monoisotopic (exact) mass is 284 g/mol. The molecule has 5 nitrogen and oxygen atoms in total. The molecule has 1 rings (SSSR count). The number of hydrogen-bond acceptors (Lipinski definition) is 4. The number of carboxylic acids is 2. The Kier molecular flexibility index (Phi) is 6.21. The average Bonchev–Trinajstić information content (AvgIpc) is 2.37. The summed E-state index contributed by atoms with van der Waals surface area (Å²) in [7, 11) is 1.59. The Balaban J connectivity index is 2.42. The first-order chi connectivity index (χ1) is 9.02. The average molecular weight is 284 g/mol. The molecule has 0 heterocycles. The Bertz CT molecular complexity index is 429. The highest BCUT2D eigenvalue weighted by Gasteiger charge is 2.20. The molecule has 0 aliphatic heterocycles. The number of rotatable bonds is 8. The molecule has 0 bridgehead atoms. The van der Waals surface area contributed by atoms with E-state index in [0.29, 0.717) is 5.75 Å². The lowest BCUT2D eigenvalue weighted by molar-refractivity contribution is -0.147. The van der Waals surface area contributed by atoms with Crippen LogP contribution in [0.5, 0.6) is 5.75 Å². The fourth-order valence-electron chi connectivity index (χ4n) is 1.47. The minimum Gasteiger partial charge on any atom is -0.497 e. The number of benzene rings is 1. The van der Waals surface area contributed by atoms with E-state index < -0.39 is 17.9 Å². The van der Waals surface area contributed by atoms with Gasteiger partial charge in [-0.1, -0.05) is 12.1 Å². The lowest BCUT2D eigenvalue weighted by atomic mass is 10.1. The summed E-state index contributed by atoms with van der Waals surface area (Å²) in [5, 5.41) is 17.5. The standard InChI is InChI=1S/C13H16O5S/c1-18-11-4-2-9(3-5-11)7-19-8-10(13(16)17)6-12(14)15/h2-5,10H,6-8H2,1H3,(H,14,15)(H,16,17)/t10-/m0/s1. The zero-order valence-electron chi connectivity index (χ0n) is 10.5. The number of carboxylic acid groups (broad SMARTS) is 2. The molecule has 2 N–H and O–H groups in total. The fraction of sp³-hybridized carbons (Fsp3) is 0.385. The van der Waals surface area contributed by atoms with Crippen molar-refractivity contribution in [1.82, 2.24) is 0 Å². The van der Waals surface area contributed by atoms with Crippen molar-refractivity contribution >= 4 is 23.7 Å². The quantitative estimate of drug-likeness (QED) is 0.760. The van der Waals surface area contributed by atoms with Crippen molar-refractivity contribution in [3.8, 4) is 5.75 Å². The maximum Gasteiger partial charge on any atom is 0.307 e. The molecule has 0 aromatic heterocycles. The van der Waals surface area contributed by atoms with Crippen molar-refractivity contribution in [3.63, 3.8) is 0 Å². The predicted octanol–water partition coefficient (Wildman–Crippen LogP) is 2.10. The van der Waals surface area contributed by atoms with Gasteiger partial charge in [-0.05, 0) is 17.7 Å². The van der Waals surface area contributed by atoms with Crippen LogP contribution < -0.4 is 4.74 Å². The molecule has 0 spiro atoms. The van der Waals surface area contributed by atoms with Crippen molar-refractivity contribution in [1.29, 1.82) is 0 Å². The number of methoxy groups -OCH3 is 1. The summed E-state index contributed by atoms with van der Waals surface area (Å²) >= 11 is 1.41. The lowest BCUT2D eigenvalue weighted by Gasteiger charge is -2.09. The highest BCUT2D eigenvalue weighted by Crippen LogP contribution is 2.20. The number of hydrogen-bond donors (Lipinski definition) is 2. The van der Waals surface area contributed by atoms with Gasteiger partial charge in [0.2, 0.25) is 0 Å². The Morgan fingerprint density at radius 3 is 2.37 bits per heavy atom. The highest BCUT2D eigenvalue weighted by molar-refractivity contribution is 7.98. The van der Waals surface area contributed by atoms with Crippen molar-refractivity contribution in [2.24, 2.45) is 5.92 Å². The minimum atomic E-state index is -1.09.